The smallest absolute Gasteiger partial charge is 0.308 e. The molecule has 1 aliphatic rings. The number of oxazole rings is 1. The number of carbonyl (C=O) groups excluding carboxylic acids is 1. The monoisotopic (exact) mass is 400 g/mol. The number of anilines is 1. The molecule has 0 saturated carbocycles. The van der Waals surface area contributed by atoms with Gasteiger partial charge in [-0.2, -0.15) is 0 Å². The molecule has 1 fully saturated rings. The molecule has 6 nitrogen and oxygen atoms in total. The molecule has 2 heterocycles. The standard InChI is InChI=1S/C18H13BrN2O4/c19-13-4-2-1-3-12(13)17-20-14-6-5-11(8-15(14)25-17)21-9-10(18(23)24)7-16(21)22/h1-6,8,10H,7,9H2,(H,23,24). The van der Waals surface area contributed by atoms with Crippen LogP contribution in [0.3, 0.4) is 0 Å². The molecule has 0 aliphatic carbocycles. The first kappa shape index (κ1) is 15.8. The number of rotatable bonds is 3. The SMILES string of the molecule is O=C(O)C1CC(=O)N(c2ccc3nc(-c4ccccc4Br)oc3c2)C1. The summed E-state index contributed by atoms with van der Waals surface area (Å²) in [6.07, 6.45) is 0.0198. The van der Waals surface area contributed by atoms with Crippen molar-refractivity contribution in [3.05, 3.63) is 46.9 Å². The fourth-order valence-electron chi connectivity index (χ4n) is 2.95. The third-order valence-corrected chi connectivity index (χ3v) is 4.95. The number of hydrogen-bond donors (Lipinski definition) is 1. The van der Waals surface area contributed by atoms with Gasteiger partial charge in [0.2, 0.25) is 11.8 Å². The summed E-state index contributed by atoms with van der Waals surface area (Å²) in [7, 11) is 0. The molecule has 0 bridgehead atoms. The molecular formula is C18H13BrN2O4. The molecule has 1 unspecified atom stereocenters. The fourth-order valence-corrected chi connectivity index (χ4v) is 3.41. The lowest BCUT2D eigenvalue weighted by atomic mass is 10.1. The Kier molecular flexibility index (Phi) is 3.80. The molecule has 1 aromatic heterocycles. The Labute approximate surface area is 151 Å². The summed E-state index contributed by atoms with van der Waals surface area (Å²) in [6, 6.07) is 12.9. The van der Waals surface area contributed by atoms with Gasteiger partial charge in [0.1, 0.15) is 5.52 Å². The van der Waals surface area contributed by atoms with Gasteiger partial charge in [0.25, 0.3) is 0 Å². The van der Waals surface area contributed by atoms with Crippen molar-refractivity contribution in [3.8, 4) is 11.5 Å². The number of aliphatic carboxylic acids is 1. The van der Waals surface area contributed by atoms with Crippen molar-refractivity contribution < 1.29 is 19.1 Å². The van der Waals surface area contributed by atoms with Crippen molar-refractivity contribution in [2.24, 2.45) is 5.92 Å². The predicted octanol–water partition coefficient (Wildman–Crippen LogP) is 3.69. The van der Waals surface area contributed by atoms with Crippen molar-refractivity contribution >= 4 is 44.6 Å². The highest BCUT2D eigenvalue weighted by Crippen LogP contribution is 2.33. The van der Waals surface area contributed by atoms with E-state index in [1.807, 2.05) is 24.3 Å². The highest BCUT2D eigenvalue weighted by Gasteiger charge is 2.35. The van der Waals surface area contributed by atoms with Crippen LogP contribution in [0.5, 0.6) is 0 Å². The maximum atomic E-state index is 12.1. The number of aromatic nitrogens is 1. The van der Waals surface area contributed by atoms with E-state index >= 15 is 0 Å². The van der Waals surface area contributed by atoms with E-state index in [0.29, 0.717) is 22.7 Å². The van der Waals surface area contributed by atoms with Crippen LogP contribution in [-0.4, -0.2) is 28.5 Å². The normalized spacial score (nSPS) is 17.4. The predicted molar refractivity (Wildman–Crippen MR) is 95.2 cm³/mol. The maximum absolute atomic E-state index is 12.1. The van der Waals surface area contributed by atoms with Gasteiger partial charge in [-0.25, -0.2) is 4.98 Å². The minimum Gasteiger partial charge on any atom is -0.481 e. The van der Waals surface area contributed by atoms with Gasteiger partial charge >= 0.3 is 5.97 Å². The quantitative estimate of drug-likeness (QED) is 0.724. The highest BCUT2D eigenvalue weighted by molar-refractivity contribution is 9.10. The van der Waals surface area contributed by atoms with E-state index in [-0.39, 0.29) is 18.9 Å². The molecule has 1 N–H and O–H groups in total. The first-order valence-corrected chi connectivity index (χ1v) is 8.51. The molecule has 1 saturated heterocycles. The number of nitrogens with zero attached hydrogens (tertiary/aromatic N) is 2. The highest BCUT2D eigenvalue weighted by atomic mass is 79.9. The third-order valence-electron chi connectivity index (χ3n) is 4.26. The van der Waals surface area contributed by atoms with Crippen LogP contribution in [0.15, 0.2) is 51.4 Å². The number of amides is 1. The number of carboxylic acids is 1. The van der Waals surface area contributed by atoms with E-state index in [1.165, 1.54) is 4.90 Å². The molecule has 0 radical (unpaired) electrons. The van der Waals surface area contributed by atoms with Gasteiger partial charge in [-0.05, 0) is 40.2 Å². The van der Waals surface area contributed by atoms with Crippen LogP contribution in [0.25, 0.3) is 22.6 Å². The summed E-state index contributed by atoms with van der Waals surface area (Å²) in [5.74, 6) is -1.34. The maximum Gasteiger partial charge on any atom is 0.308 e. The second kappa shape index (κ2) is 6.00. The Hall–Kier alpha value is -2.67. The van der Waals surface area contributed by atoms with Crippen LogP contribution in [-0.2, 0) is 9.59 Å². The Balaban J connectivity index is 1.71. The zero-order chi connectivity index (χ0) is 17.6. The molecule has 0 spiro atoms. The molecule has 4 rings (SSSR count). The van der Waals surface area contributed by atoms with Gasteiger partial charge in [0.15, 0.2) is 5.58 Å². The summed E-state index contributed by atoms with van der Waals surface area (Å²) >= 11 is 3.48. The Morgan fingerprint density at radius 1 is 1.28 bits per heavy atom. The molecular weight excluding hydrogens is 388 g/mol. The van der Waals surface area contributed by atoms with Gasteiger partial charge in [0.05, 0.1) is 11.5 Å². The van der Waals surface area contributed by atoms with Crippen LogP contribution in [0.4, 0.5) is 5.69 Å². The molecule has 7 heteroatoms. The van der Waals surface area contributed by atoms with E-state index < -0.39 is 11.9 Å². The topological polar surface area (TPSA) is 83.6 Å². The second-order valence-corrected chi connectivity index (χ2v) is 6.75. The molecule has 1 atom stereocenters. The number of hydrogen-bond acceptors (Lipinski definition) is 4. The summed E-state index contributed by atoms with van der Waals surface area (Å²) in [5, 5.41) is 9.11. The average Bonchev–Trinajstić information content (AvgIpc) is 3.18. The van der Waals surface area contributed by atoms with E-state index in [4.69, 9.17) is 9.52 Å². The van der Waals surface area contributed by atoms with Crippen LogP contribution in [0.2, 0.25) is 0 Å². The Morgan fingerprint density at radius 2 is 2.08 bits per heavy atom. The Bertz CT molecular complexity index is 998. The second-order valence-electron chi connectivity index (χ2n) is 5.89. The molecule has 2 aromatic carbocycles. The fraction of sp³-hybridized carbons (Fsp3) is 0.167. The van der Waals surface area contributed by atoms with Crippen LogP contribution < -0.4 is 4.90 Å². The lowest BCUT2D eigenvalue weighted by Crippen LogP contribution is -2.25. The lowest BCUT2D eigenvalue weighted by Gasteiger charge is -2.15. The minimum atomic E-state index is -0.951. The molecule has 3 aromatic rings. The number of benzene rings is 2. The zero-order valence-electron chi connectivity index (χ0n) is 13.0. The summed E-state index contributed by atoms with van der Waals surface area (Å²) in [4.78, 5) is 29.2. The lowest BCUT2D eigenvalue weighted by molar-refractivity contribution is -0.141. The van der Waals surface area contributed by atoms with Gasteiger partial charge in [-0.15, -0.1) is 0 Å². The van der Waals surface area contributed by atoms with Crippen molar-refractivity contribution in [1.82, 2.24) is 4.98 Å². The molecule has 126 valence electrons. The molecule has 1 amide bonds. The van der Waals surface area contributed by atoms with Crippen LogP contribution in [0.1, 0.15) is 6.42 Å². The zero-order valence-corrected chi connectivity index (χ0v) is 14.6. The minimum absolute atomic E-state index is 0.0198. The van der Waals surface area contributed by atoms with E-state index in [0.717, 1.165) is 10.0 Å². The van der Waals surface area contributed by atoms with Gasteiger partial charge < -0.3 is 14.4 Å². The van der Waals surface area contributed by atoms with Gasteiger partial charge in [-0.3, -0.25) is 9.59 Å². The Morgan fingerprint density at radius 3 is 2.80 bits per heavy atom. The number of fused-ring (bicyclic) bond motifs is 1. The number of halogens is 1. The summed E-state index contributed by atoms with van der Waals surface area (Å²) in [6.45, 7) is 0.172. The largest absolute Gasteiger partial charge is 0.481 e. The average molecular weight is 401 g/mol. The van der Waals surface area contributed by atoms with Crippen LogP contribution in [0, 0.1) is 5.92 Å². The van der Waals surface area contributed by atoms with E-state index in [1.54, 1.807) is 18.2 Å². The van der Waals surface area contributed by atoms with Crippen molar-refractivity contribution in [2.45, 2.75) is 6.42 Å². The first-order chi connectivity index (χ1) is 12.0. The summed E-state index contributed by atoms with van der Waals surface area (Å²) < 4.78 is 6.73. The summed E-state index contributed by atoms with van der Waals surface area (Å²) in [5.41, 5.74) is 2.69. The molecule has 1 aliphatic heterocycles. The van der Waals surface area contributed by atoms with Gasteiger partial charge in [0, 0.05) is 29.2 Å². The third kappa shape index (κ3) is 2.80. The van der Waals surface area contributed by atoms with Crippen molar-refractivity contribution in [1.29, 1.82) is 0 Å². The first-order valence-electron chi connectivity index (χ1n) is 7.71. The number of carboxylic acid groups (broad SMARTS) is 1. The van der Waals surface area contributed by atoms with Crippen LogP contribution >= 0.6 is 15.9 Å². The van der Waals surface area contributed by atoms with E-state index in [9.17, 15) is 9.59 Å². The van der Waals surface area contributed by atoms with Crippen molar-refractivity contribution in [3.63, 3.8) is 0 Å². The number of carbonyl (C=O) groups is 2. The molecule has 25 heavy (non-hydrogen) atoms. The van der Waals surface area contributed by atoms with Crippen molar-refractivity contribution in [2.75, 3.05) is 11.4 Å². The van der Waals surface area contributed by atoms with E-state index in [2.05, 4.69) is 20.9 Å². The van der Waals surface area contributed by atoms with Gasteiger partial charge in [-0.1, -0.05) is 12.1 Å².